The topological polar surface area (TPSA) is 55.9 Å². The van der Waals surface area contributed by atoms with Crippen LogP contribution in [0.3, 0.4) is 0 Å². The second-order valence-electron chi connectivity index (χ2n) is 10.2. The van der Waals surface area contributed by atoms with Crippen LogP contribution in [0.4, 0.5) is 10.5 Å². The highest BCUT2D eigenvalue weighted by Crippen LogP contribution is 2.62. The van der Waals surface area contributed by atoms with E-state index in [2.05, 4.69) is 22.0 Å². The number of fused-ring (bicyclic) bond motifs is 2. The molecule has 168 valence electrons. The zero-order valence-electron chi connectivity index (χ0n) is 18.8. The van der Waals surface area contributed by atoms with Gasteiger partial charge in [-0.2, -0.15) is 0 Å². The lowest BCUT2D eigenvalue weighted by atomic mass is 9.65. The molecule has 1 spiro atoms. The average molecular weight is 425 g/mol. The number of hydrogen-bond acceptors (Lipinski definition) is 3. The van der Waals surface area contributed by atoms with Crippen molar-refractivity contribution < 1.29 is 9.59 Å². The molecule has 1 N–H and O–H groups in total. The minimum absolute atomic E-state index is 0.0000555. The molecule has 6 heteroatoms. The Bertz CT molecular complexity index is 814. The number of nitrogens with one attached hydrogen (secondary N) is 1. The summed E-state index contributed by atoms with van der Waals surface area (Å²) in [6.45, 7) is 8.69. The summed E-state index contributed by atoms with van der Waals surface area (Å²) in [7, 11) is 0. The number of likely N-dealkylation sites (tertiary alicyclic amines) is 3. The Hall–Kier alpha value is -2.08. The molecule has 5 rings (SSSR count). The predicted octanol–water partition coefficient (Wildman–Crippen LogP) is 3.66. The molecule has 0 bridgehead atoms. The molecule has 1 aliphatic carbocycles. The van der Waals surface area contributed by atoms with Gasteiger partial charge in [-0.15, -0.1) is 0 Å². The van der Waals surface area contributed by atoms with Crippen molar-refractivity contribution in [2.24, 2.45) is 16.7 Å². The molecule has 31 heavy (non-hydrogen) atoms. The molecule has 2 atom stereocenters. The van der Waals surface area contributed by atoms with Gasteiger partial charge in [-0.25, -0.2) is 4.79 Å². The smallest absolute Gasteiger partial charge is 0.321 e. The van der Waals surface area contributed by atoms with Crippen LogP contribution in [-0.2, 0) is 4.79 Å². The van der Waals surface area contributed by atoms with E-state index in [-0.39, 0.29) is 16.9 Å². The number of para-hydroxylation sites is 1. The third kappa shape index (κ3) is 3.53. The molecular weight excluding hydrogens is 388 g/mol. The van der Waals surface area contributed by atoms with E-state index < -0.39 is 0 Å². The Kier molecular flexibility index (Phi) is 5.45. The van der Waals surface area contributed by atoms with Gasteiger partial charge in [-0.05, 0) is 68.5 Å². The fraction of sp³-hybridized carbons (Fsp3) is 0.680. The van der Waals surface area contributed by atoms with Gasteiger partial charge in [0.2, 0.25) is 5.91 Å². The van der Waals surface area contributed by atoms with E-state index in [0.29, 0.717) is 11.8 Å². The minimum Gasteiger partial charge on any atom is -0.342 e. The van der Waals surface area contributed by atoms with E-state index in [4.69, 9.17) is 0 Å². The third-order valence-corrected chi connectivity index (χ3v) is 8.76. The van der Waals surface area contributed by atoms with Crippen molar-refractivity contribution in [3.63, 3.8) is 0 Å². The van der Waals surface area contributed by atoms with Crippen LogP contribution in [0.2, 0.25) is 0 Å². The molecule has 0 radical (unpaired) electrons. The molecule has 0 unspecified atom stereocenters. The first kappa shape index (κ1) is 20.8. The van der Waals surface area contributed by atoms with E-state index in [9.17, 15) is 9.59 Å². The second-order valence-corrected chi connectivity index (χ2v) is 10.2. The van der Waals surface area contributed by atoms with Gasteiger partial charge in [0.1, 0.15) is 0 Å². The van der Waals surface area contributed by atoms with Gasteiger partial charge in [0.25, 0.3) is 0 Å². The van der Waals surface area contributed by atoms with Crippen LogP contribution >= 0.6 is 0 Å². The second kappa shape index (κ2) is 8.12. The highest BCUT2D eigenvalue weighted by Gasteiger charge is 2.64. The summed E-state index contributed by atoms with van der Waals surface area (Å²) in [5, 5.41) is 3.03. The summed E-state index contributed by atoms with van der Waals surface area (Å²) < 4.78 is 0. The first-order valence-corrected chi connectivity index (χ1v) is 12.2. The number of piperidine rings is 1. The van der Waals surface area contributed by atoms with E-state index >= 15 is 0 Å². The fourth-order valence-corrected chi connectivity index (χ4v) is 6.96. The number of nitrogens with zero attached hydrogens (tertiary/aromatic N) is 3. The lowest BCUT2D eigenvalue weighted by molar-refractivity contribution is -0.142. The Morgan fingerprint density at radius 3 is 2.35 bits per heavy atom. The zero-order chi connectivity index (χ0) is 21.5. The van der Waals surface area contributed by atoms with Gasteiger partial charge >= 0.3 is 6.03 Å². The molecule has 3 heterocycles. The number of anilines is 1. The Morgan fingerprint density at radius 1 is 0.968 bits per heavy atom. The summed E-state index contributed by atoms with van der Waals surface area (Å²) in [4.78, 5) is 33.2. The maximum Gasteiger partial charge on any atom is 0.321 e. The summed E-state index contributed by atoms with van der Waals surface area (Å²) in [6, 6.07) is 9.69. The fourth-order valence-electron chi connectivity index (χ4n) is 6.96. The largest absolute Gasteiger partial charge is 0.342 e. The van der Waals surface area contributed by atoms with E-state index in [1.54, 1.807) is 0 Å². The summed E-state index contributed by atoms with van der Waals surface area (Å²) >= 11 is 0. The van der Waals surface area contributed by atoms with Gasteiger partial charge < -0.3 is 20.0 Å². The van der Waals surface area contributed by atoms with E-state index in [1.807, 2.05) is 35.2 Å². The first-order valence-electron chi connectivity index (χ1n) is 12.2. The van der Waals surface area contributed by atoms with Crippen LogP contribution in [0, 0.1) is 16.7 Å². The third-order valence-electron chi connectivity index (χ3n) is 8.76. The molecular formula is C25H36N4O2. The molecule has 4 fully saturated rings. The lowest BCUT2D eigenvalue weighted by Crippen LogP contribution is -2.50. The summed E-state index contributed by atoms with van der Waals surface area (Å²) in [5.41, 5.74) is 0.871. The van der Waals surface area contributed by atoms with Crippen molar-refractivity contribution in [2.45, 2.75) is 45.4 Å². The monoisotopic (exact) mass is 424 g/mol. The zero-order valence-corrected chi connectivity index (χ0v) is 18.8. The maximum atomic E-state index is 13.7. The van der Waals surface area contributed by atoms with Crippen LogP contribution in [0.5, 0.6) is 0 Å². The van der Waals surface area contributed by atoms with Crippen molar-refractivity contribution in [2.75, 3.05) is 51.1 Å². The van der Waals surface area contributed by atoms with Crippen molar-refractivity contribution in [1.29, 1.82) is 0 Å². The Labute approximate surface area is 185 Å². The number of carbonyl (C=O) groups is 2. The summed E-state index contributed by atoms with van der Waals surface area (Å²) in [6.07, 6.45) is 6.52. The van der Waals surface area contributed by atoms with Gasteiger partial charge in [0.05, 0.1) is 5.41 Å². The first-order chi connectivity index (χ1) is 15.1. The maximum absolute atomic E-state index is 13.7. The van der Waals surface area contributed by atoms with Gasteiger partial charge in [-0.3, -0.25) is 4.79 Å². The normalized spacial score (nSPS) is 30.0. The SMILES string of the molecule is CCN1C[C@H]2C3(CCN(C(=O)Nc4ccccc4)CC3)CC[C@@]2(C(=O)N2CCCC2)C1. The lowest BCUT2D eigenvalue weighted by Gasteiger charge is -2.44. The van der Waals surface area contributed by atoms with E-state index in [0.717, 1.165) is 90.0 Å². The van der Waals surface area contributed by atoms with Crippen molar-refractivity contribution in [3.8, 4) is 0 Å². The number of carbonyl (C=O) groups excluding carboxylic acids is 2. The molecule has 1 aromatic rings. The highest BCUT2D eigenvalue weighted by molar-refractivity contribution is 5.89. The molecule has 3 saturated heterocycles. The van der Waals surface area contributed by atoms with Crippen molar-refractivity contribution in [3.05, 3.63) is 30.3 Å². The van der Waals surface area contributed by atoms with Gasteiger partial charge in [0.15, 0.2) is 0 Å². The highest BCUT2D eigenvalue weighted by atomic mass is 16.2. The van der Waals surface area contributed by atoms with Crippen LogP contribution in [0.15, 0.2) is 30.3 Å². The van der Waals surface area contributed by atoms with Gasteiger partial charge in [0, 0.05) is 45.0 Å². The number of amides is 3. The standard InChI is InChI=1S/C25H36N4O2/c1-2-27-18-21-24(10-11-25(21,19-27)22(30)28-14-6-7-15-28)12-16-29(17-13-24)23(31)26-20-8-4-3-5-9-20/h3-5,8-9,21H,2,6-7,10-19H2,1H3,(H,26,31)/t21-,25+/m0/s1. The Balaban J connectivity index is 1.29. The molecule has 4 aliphatic rings. The minimum atomic E-state index is -0.186. The number of benzene rings is 1. The predicted molar refractivity (Wildman–Crippen MR) is 122 cm³/mol. The van der Waals surface area contributed by atoms with Crippen molar-refractivity contribution in [1.82, 2.24) is 14.7 Å². The van der Waals surface area contributed by atoms with Crippen LogP contribution in [0.25, 0.3) is 0 Å². The quantitative estimate of drug-likeness (QED) is 0.806. The number of urea groups is 1. The van der Waals surface area contributed by atoms with Crippen LogP contribution in [-0.4, -0.2) is 72.5 Å². The molecule has 1 saturated carbocycles. The molecule has 0 aromatic heterocycles. The molecule has 1 aromatic carbocycles. The van der Waals surface area contributed by atoms with Crippen LogP contribution < -0.4 is 5.32 Å². The summed E-state index contributed by atoms with van der Waals surface area (Å²) in [5.74, 6) is 0.874. The van der Waals surface area contributed by atoms with Crippen molar-refractivity contribution >= 4 is 17.6 Å². The van der Waals surface area contributed by atoms with Gasteiger partial charge in [-0.1, -0.05) is 25.1 Å². The Morgan fingerprint density at radius 2 is 1.68 bits per heavy atom. The molecule has 6 nitrogen and oxygen atoms in total. The number of rotatable bonds is 3. The number of hydrogen-bond donors (Lipinski definition) is 1. The van der Waals surface area contributed by atoms with Crippen LogP contribution in [0.1, 0.15) is 45.4 Å². The average Bonchev–Trinajstić information content (AvgIpc) is 3.52. The molecule has 3 amide bonds. The van der Waals surface area contributed by atoms with E-state index in [1.165, 1.54) is 0 Å². The molecule has 3 aliphatic heterocycles.